The van der Waals surface area contributed by atoms with Crippen molar-refractivity contribution in [3.8, 4) is 0 Å². The van der Waals surface area contributed by atoms with Crippen LogP contribution in [0.25, 0.3) is 0 Å². The third-order valence-electron chi connectivity index (χ3n) is 0.336. The number of hydrogen-bond donors (Lipinski definition) is 2. The second-order valence-corrected chi connectivity index (χ2v) is 6.18. The standard InChI is InChI=1S/Gd.H3N.2H2O7S2/c;;2*1-8(2,3)7-9(4,5)6/h;1H3;2*(H,1,2,3)(H,4,5,6)/q+3;;;/p-3. The van der Waals surface area contributed by atoms with E-state index >= 15 is 0 Å². The summed E-state index contributed by atoms with van der Waals surface area (Å²) in [6, 6.07) is 0. The largest absolute Gasteiger partial charge is 3.00 e. The van der Waals surface area contributed by atoms with E-state index in [-0.39, 0.29) is 46.1 Å². The van der Waals surface area contributed by atoms with E-state index in [1.54, 1.807) is 0 Å². The molecule has 0 aromatic rings. The summed E-state index contributed by atoms with van der Waals surface area (Å²) in [5.41, 5.74) is 0. The summed E-state index contributed by atoms with van der Waals surface area (Å²) in [5.74, 6) is 0. The molecule has 125 valence electrons. The minimum Gasteiger partial charge on any atom is -0.725 e. The minimum absolute atomic E-state index is 0. The van der Waals surface area contributed by atoms with Crippen molar-refractivity contribution in [2.45, 2.75) is 0 Å². The maximum atomic E-state index is 9.40. The van der Waals surface area contributed by atoms with Gasteiger partial charge in [-0.05, 0) is 0 Å². The molecule has 20 heteroatoms. The van der Waals surface area contributed by atoms with Crippen LogP contribution in [0.15, 0.2) is 0 Å². The average Bonchev–Trinajstić information content (AvgIpc) is 1.64. The van der Waals surface area contributed by atoms with Crippen LogP contribution >= 0.6 is 0 Å². The van der Waals surface area contributed by atoms with Gasteiger partial charge in [-0.3, -0.25) is 4.55 Å². The van der Waals surface area contributed by atoms with Crippen molar-refractivity contribution in [2.75, 3.05) is 0 Å². The SMILES string of the molecule is N.O=S(=O)([O-])OS(=O)(=O)O.O=S(=O)([O-])OS(=O)(=O)[O-].[Gd+3]. The molecule has 0 bridgehead atoms. The molecule has 0 rings (SSSR count). The van der Waals surface area contributed by atoms with Crippen LogP contribution < -0.4 is 6.15 Å². The molecule has 0 atom stereocenters. The van der Waals surface area contributed by atoms with E-state index in [0.29, 0.717) is 0 Å². The van der Waals surface area contributed by atoms with Crippen molar-refractivity contribution in [3.05, 3.63) is 0 Å². The molecule has 0 amide bonds. The Morgan fingerprint density at radius 1 is 0.650 bits per heavy atom. The van der Waals surface area contributed by atoms with Crippen molar-refractivity contribution < 1.29 is 99.1 Å². The van der Waals surface area contributed by atoms with Gasteiger partial charge in [0.05, 0.1) is 0 Å². The first-order valence-corrected chi connectivity index (χ1v) is 8.05. The fraction of sp³-hybridized carbons (Fsp3) is 0. The molecule has 0 aromatic heterocycles. The number of rotatable bonds is 4. The Morgan fingerprint density at radius 3 is 0.850 bits per heavy atom. The maximum Gasteiger partial charge on any atom is 3.00 e. The van der Waals surface area contributed by atoms with Crippen LogP contribution in [0.4, 0.5) is 0 Å². The average molecular weight is 528 g/mol. The van der Waals surface area contributed by atoms with Crippen LogP contribution in [0.2, 0.25) is 0 Å². The normalized spacial score (nSPS) is 12.2. The topological polar surface area (TPSA) is 279 Å². The molecule has 0 heterocycles. The molecule has 0 aliphatic heterocycles. The van der Waals surface area contributed by atoms with E-state index in [4.69, 9.17) is 4.55 Å². The fourth-order valence-electron chi connectivity index (χ4n) is 0.207. The first kappa shape index (κ1) is 28.9. The molecular weight excluding hydrogens is 524 g/mol. The molecule has 0 saturated heterocycles. The smallest absolute Gasteiger partial charge is 0.725 e. The van der Waals surface area contributed by atoms with Crippen LogP contribution in [-0.2, 0) is 48.9 Å². The van der Waals surface area contributed by atoms with Crippen LogP contribution in [0.3, 0.4) is 0 Å². The van der Waals surface area contributed by atoms with Gasteiger partial charge in [0.15, 0.2) is 0 Å². The Balaban J connectivity index is -0.000000116. The predicted molar refractivity (Wildman–Crippen MR) is 47.8 cm³/mol. The Morgan fingerprint density at radius 2 is 0.850 bits per heavy atom. The monoisotopic (exact) mass is 528 g/mol. The van der Waals surface area contributed by atoms with Crippen molar-refractivity contribution >= 4 is 41.6 Å². The van der Waals surface area contributed by atoms with Gasteiger partial charge in [0, 0.05) is 0 Å². The van der Waals surface area contributed by atoms with E-state index in [2.05, 4.69) is 7.26 Å². The first-order valence-electron chi connectivity index (χ1n) is 2.68. The van der Waals surface area contributed by atoms with E-state index in [1.807, 2.05) is 0 Å². The minimum atomic E-state index is -5.43. The van der Waals surface area contributed by atoms with E-state index in [1.165, 1.54) is 0 Å². The zero-order valence-corrected chi connectivity index (χ0v) is 14.0. The van der Waals surface area contributed by atoms with Crippen molar-refractivity contribution in [2.24, 2.45) is 0 Å². The predicted octanol–water partition coefficient (Wildman–Crippen LogP) is -3.65. The van der Waals surface area contributed by atoms with Gasteiger partial charge in [-0.25, -0.2) is 25.3 Å². The van der Waals surface area contributed by atoms with Crippen molar-refractivity contribution in [1.82, 2.24) is 6.15 Å². The molecular formula is H4GdNO14S4. The first-order chi connectivity index (χ1) is 7.41. The summed E-state index contributed by atoms with van der Waals surface area (Å²) in [6.07, 6.45) is 0. The Kier molecular flexibility index (Phi) is 14.1. The Bertz CT molecular complexity index is 537. The molecule has 0 spiro atoms. The van der Waals surface area contributed by atoms with Gasteiger partial charge < -0.3 is 19.8 Å². The summed E-state index contributed by atoms with van der Waals surface area (Å²) in [5, 5.41) is 0. The zero-order valence-electron chi connectivity index (χ0n) is 8.45. The molecule has 0 unspecified atom stereocenters. The van der Waals surface area contributed by atoms with Gasteiger partial charge in [-0.15, -0.1) is 3.63 Å². The Hall–Kier alpha value is 0.845. The summed E-state index contributed by atoms with van der Waals surface area (Å²) in [6.45, 7) is 0. The van der Waals surface area contributed by atoms with Gasteiger partial charge in [0.2, 0.25) is 31.2 Å². The molecule has 0 aromatic carbocycles. The second kappa shape index (κ2) is 9.78. The zero-order chi connectivity index (χ0) is 15.4. The summed E-state index contributed by atoms with van der Waals surface area (Å²) >= 11 is 0. The molecule has 4 N–H and O–H groups in total. The fourth-order valence-corrected chi connectivity index (χ4v) is 1.87. The maximum absolute atomic E-state index is 9.40. The van der Waals surface area contributed by atoms with Crippen LogP contribution in [-0.4, -0.2) is 51.9 Å². The molecule has 0 fully saturated rings. The third kappa shape index (κ3) is 36.4. The van der Waals surface area contributed by atoms with Gasteiger partial charge in [-0.2, -0.15) is 12.0 Å². The van der Waals surface area contributed by atoms with E-state index < -0.39 is 41.6 Å². The quantitative estimate of drug-likeness (QED) is 0.263. The molecule has 0 aliphatic rings. The number of hydrogen-bond acceptors (Lipinski definition) is 14. The van der Waals surface area contributed by atoms with Gasteiger partial charge in [0.1, 0.15) is 0 Å². The molecule has 0 saturated carbocycles. The molecule has 1 radical (unpaired) electrons. The van der Waals surface area contributed by atoms with Gasteiger partial charge >= 0.3 is 50.3 Å². The van der Waals surface area contributed by atoms with Crippen molar-refractivity contribution in [3.63, 3.8) is 0 Å². The van der Waals surface area contributed by atoms with E-state index in [9.17, 15) is 47.3 Å². The Labute approximate surface area is 145 Å². The summed E-state index contributed by atoms with van der Waals surface area (Å²) in [4.78, 5) is 0. The summed E-state index contributed by atoms with van der Waals surface area (Å²) in [7, 11) is -21.4. The third-order valence-corrected chi connectivity index (χ3v) is 3.02. The van der Waals surface area contributed by atoms with Gasteiger partial charge in [-0.1, -0.05) is 0 Å². The van der Waals surface area contributed by atoms with Crippen LogP contribution in [0.5, 0.6) is 0 Å². The van der Waals surface area contributed by atoms with Crippen molar-refractivity contribution in [1.29, 1.82) is 0 Å². The molecule has 15 nitrogen and oxygen atoms in total. The van der Waals surface area contributed by atoms with Gasteiger partial charge in [0.25, 0.3) is 0 Å². The molecule has 20 heavy (non-hydrogen) atoms. The van der Waals surface area contributed by atoms with E-state index in [0.717, 1.165) is 0 Å². The van der Waals surface area contributed by atoms with Crippen LogP contribution in [0.1, 0.15) is 0 Å². The summed E-state index contributed by atoms with van der Waals surface area (Å²) < 4.78 is 115. The molecule has 0 aliphatic carbocycles. The van der Waals surface area contributed by atoms with Crippen LogP contribution in [0, 0.1) is 39.9 Å². The second-order valence-electron chi connectivity index (χ2n) is 1.79.